The van der Waals surface area contributed by atoms with Crippen molar-refractivity contribution >= 4 is 38.6 Å². The molecule has 4 rings (SSSR count). The minimum Gasteiger partial charge on any atom is -0.489 e. The van der Waals surface area contributed by atoms with Crippen molar-refractivity contribution in [1.29, 1.82) is 0 Å². The van der Waals surface area contributed by atoms with E-state index in [9.17, 15) is 17.6 Å². The predicted molar refractivity (Wildman–Crippen MR) is 139 cm³/mol. The molecular weight excluding hydrogens is 481 g/mol. The van der Waals surface area contributed by atoms with Crippen molar-refractivity contribution < 1.29 is 22.3 Å². The van der Waals surface area contributed by atoms with Crippen LogP contribution in [-0.2, 0) is 21.4 Å². The van der Waals surface area contributed by atoms with E-state index in [1.807, 2.05) is 18.2 Å². The SMILES string of the molecule is CS(=O)(=O)N(CC(=O)N/N=C\c1ccc(OCc2ccc3ccccc3c2)cc1)c1ccc(F)cc1. The lowest BCUT2D eigenvalue weighted by molar-refractivity contribution is -0.119. The second-order valence-corrected chi connectivity index (χ2v) is 9.99. The van der Waals surface area contributed by atoms with Gasteiger partial charge in [-0.05, 0) is 76.5 Å². The van der Waals surface area contributed by atoms with Crippen LogP contribution in [0.2, 0.25) is 0 Å². The van der Waals surface area contributed by atoms with E-state index >= 15 is 0 Å². The van der Waals surface area contributed by atoms with E-state index in [1.165, 1.54) is 23.7 Å². The highest BCUT2D eigenvalue weighted by Crippen LogP contribution is 2.19. The van der Waals surface area contributed by atoms with Crippen LogP contribution in [-0.4, -0.2) is 33.3 Å². The number of benzene rings is 4. The molecule has 1 N–H and O–H groups in total. The fraction of sp³-hybridized carbons (Fsp3) is 0.111. The molecule has 36 heavy (non-hydrogen) atoms. The van der Waals surface area contributed by atoms with Gasteiger partial charge in [-0.3, -0.25) is 9.10 Å². The van der Waals surface area contributed by atoms with Crippen LogP contribution in [0.1, 0.15) is 11.1 Å². The van der Waals surface area contributed by atoms with Crippen LogP contribution >= 0.6 is 0 Å². The number of ether oxygens (including phenoxy) is 1. The number of carbonyl (C=O) groups excluding carboxylic acids is 1. The Hall–Kier alpha value is -4.24. The molecule has 0 bridgehead atoms. The summed E-state index contributed by atoms with van der Waals surface area (Å²) < 4.78 is 44.1. The number of nitrogens with zero attached hydrogens (tertiary/aromatic N) is 2. The van der Waals surface area contributed by atoms with Gasteiger partial charge in [0.15, 0.2) is 0 Å². The molecular formula is C27H24FN3O4S. The Kier molecular flexibility index (Phi) is 7.60. The topological polar surface area (TPSA) is 88.1 Å². The van der Waals surface area contributed by atoms with E-state index in [0.29, 0.717) is 17.9 Å². The second kappa shape index (κ2) is 11.0. The largest absolute Gasteiger partial charge is 0.489 e. The summed E-state index contributed by atoms with van der Waals surface area (Å²) in [6, 6.07) is 26.3. The van der Waals surface area contributed by atoms with Crippen LogP contribution in [0.4, 0.5) is 10.1 Å². The Balaban J connectivity index is 1.30. The molecule has 7 nitrogen and oxygen atoms in total. The van der Waals surface area contributed by atoms with Crippen molar-refractivity contribution in [2.24, 2.45) is 5.10 Å². The van der Waals surface area contributed by atoms with Crippen molar-refractivity contribution in [2.45, 2.75) is 6.61 Å². The molecule has 0 atom stereocenters. The molecule has 4 aromatic carbocycles. The molecule has 0 fully saturated rings. The van der Waals surface area contributed by atoms with Gasteiger partial charge in [0.1, 0.15) is 24.7 Å². The fourth-order valence-electron chi connectivity index (χ4n) is 3.50. The molecule has 1 amide bonds. The van der Waals surface area contributed by atoms with E-state index in [2.05, 4.69) is 34.8 Å². The molecule has 0 saturated heterocycles. The molecule has 0 aliphatic carbocycles. The zero-order valence-corrected chi connectivity index (χ0v) is 20.3. The Bertz CT molecular complexity index is 1490. The van der Waals surface area contributed by atoms with Crippen molar-refractivity contribution in [3.8, 4) is 5.75 Å². The minimum atomic E-state index is -3.76. The van der Waals surface area contributed by atoms with Gasteiger partial charge in [0, 0.05) is 0 Å². The first kappa shape index (κ1) is 24.9. The molecule has 0 saturated carbocycles. The van der Waals surface area contributed by atoms with E-state index in [-0.39, 0.29) is 5.69 Å². The third-order valence-electron chi connectivity index (χ3n) is 5.30. The average Bonchev–Trinajstić information content (AvgIpc) is 2.87. The Labute approximate surface area is 208 Å². The summed E-state index contributed by atoms with van der Waals surface area (Å²) in [4.78, 5) is 12.3. The number of nitrogens with one attached hydrogen (secondary N) is 1. The summed E-state index contributed by atoms with van der Waals surface area (Å²) in [6.07, 6.45) is 2.41. The van der Waals surface area contributed by atoms with Crippen LogP contribution in [0.15, 0.2) is 96.1 Å². The lowest BCUT2D eigenvalue weighted by atomic mass is 10.1. The molecule has 0 radical (unpaired) electrons. The predicted octanol–water partition coefficient (Wildman–Crippen LogP) is 4.47. The quantitative estimate of drug-likeness (QED) is 0.269. The smallest absolute Gasteiger partial charge is 0.260 e. The summed E-state index contributed by atoms with van der Waals surface area (Å²) in [5, 5.41) is 6.22. The van der Waals surface area contributed by atoms with Gasteiger partial charge in [-0.25, -0.2) is 18.2 Å². The maximum absolute atomic E-state index is 13.2. The summed E-state index contributed by atoms with van der Waals surface area (Å²) in [5.74, 6) is -0.463. The first-order chi connectivity index (χ1) is 17.3. The van der Waals surface area contributed by atoms with E-state index < -0.39 is 28.3 Å². The van der Waals surface area contributed by atoms with E-state index in [1.54, 1.807) is 24.3 Å². The van der Waals surface area contributed by atoms with Gasteiger partial charge >= 0.3 is 0 Å². The van der Waals surface area contributed by atoms with Gasteiger partial charge in [-0.15, -0.1) is 0 Å². The molecule has 9 heteroatoms. The number of anilines is 1. The zero-order chi connectivity index (χ0) is 25.5. The van der Waals surface area contributed by atoms with Crippen molar-refractivity contribution in [3.63, 3.8) is 0 Å². The van der Waals surface area contributed by atoms with Gasteiger partial charge < -0.3 is 4.74 Å². The molecule has 0 aromatic heterocycles. The molecule has 0 aliphatic rings. The summed E-state index contributed by atoms with van der Waals surface area (Å²) in [7, 11) is -3.76. The number of amides is 1. The molecule has 0 heterocycles. The number of fused-ring (bicyclic) bond motifs is 1. The van der Waals surface area contributed by atoms with Crippen LogP contribution in [0.3, 0.4) is 0 Å². The number of rotatable bonds is 9. The zero-order valence-electron chi connectivity index (χ0n) is 19.5. The fourth-order valence-corrected chi connectivity index (χ4v) is 4.35. The Morgan fingerprint density at radius 1 is 0.972 bits per heavy atom. The number of hydrazone groups is 1. The van der Waals surface area contributed by atoms with Crippen LogP contribution < -0.4 is 14.5 Å². The highest BCUT2D eigenvalue weighted by Gasteiger charge is 2.20. The normalized spacial score (nSPS) is 11.5. The van der Waals surface area contributed by atoms with Crippen LogP contribution in [0, 0.1) is 5.82 Å². The van der Waals surface area contributed by atoms with Gasteiger partial charge in [0.05, 0.1) is 18.2 Å². The number of carbonyl (C=O) groups is 1. The highest BCUT2D eigenvalue weighted by atomic mass is 32.2. The molecule has 0 spiro atoms. The lowest BCUT2D eigenvalue weighted by Gasteiger charge is -2.21. The third kappa shape index (κ3) is 6.67. The molecule has 4 aromatic rings. The number of sulfonamides is 1. The summed E-state index contributed by atoms with van der Waals surface area (Å²) in [5.41, 5.74) is 4.26. The number of halogens is 1. The Morgan fingerprint density at radius 3 is 2.36 bits per heavy atom. The standard InChI is InChI=1S/C27H24FN3O4S/c1-36(33,34)31(25-12-10-24(28)11-13-25)18-27(32)30-29-17-20-7-14-26(15-8-20)35-19-21-6-9-22-4-2-3-5-23(22)16-21/h2-17H,18-19H2,1H3,(H,30,32)/b29-17-. The number of hydrogen-bond acceptors (Lipinski definition) is 5. The molecule has 0 aliphatic heterocycles. The lowest BCUT2D eigenvalue weighted by Crippen LogP contribution is -2.39. The highest BCUT2D eigenvalue weighted by molar-refractivity contribution is 7.92. The Morgan fingerprint density at radius 2 is 1.67 bits per heavy atom. The first-order valence-corrected chi connectivity index (χ1v) is 12.9. The summed E-state index contributed by atoms with van der Waals surface area (Å²) in [6.45, 7) is -0.0669. The van der Waals surface area contributed by atoms with Crippen LogP contribution in [0.25, 0.3) is 10.8 Å². The maximum atomic E-state index is 13.2. The van der Waals surface area contributed by atoms with E-state index in [4.69, 9.17) is 4.74 Å². The monoisotopic (exact) mass is 505 g/mol. The van der Waals surface area contributed by atoms with Gasteiger partial charge in [0.2, 0.25) is 10.0 Å². The maximum Gasteiger partial charge on any atom is 0.260 e. The summed E-state index contributed by atoms with van der Waals surface area (Å²) >= 11 is 0. The average molecular weight is 506 g/mol. The van der Waals surface area contributed by atoms with Crippen LogP contribution in [0.5, 0.6) is 5.75 Å². The van der Waals surface area contributed by atoms with Gasteiger partial charge in [-0.2, -0.15) is 5.10 Å². The van der Waals surface area contributed by atoms with Crippen molar-refractivity contribution in [2.75, 3.05) is 17.1 Å². The molecule has 0 unspecified atom stereocenters. The first-order valence-electron chi connectivity index (χ1n) is 11.0. The second-order valence-electron chi connectivity index (χ2n) is 8.08. The molecule has 184 valence electrons. The van der Waals surface area contributed by atoms with Gasteiger partial charge in [-0.1, -0.05) is 36.4 Å². The minimum absolute atomic E-state index is 0.178. The van der Waals surface area contributed by atoms with E-state index in [0.717, 1.165) is 33.6 Å². The third-order valence-corrected chi connectivity index (χ3v) is 6.45. The van der Waals surface area contributed by atoms with Crippen molar-refractivity contribution in [1.82, 2.24) is 5.43 Å². The van der Waals surface area contributed by atoms with Crippen molar-refractivity contribution in [3.05, 3.63) is 108 Å². The van der Waals surface area contributed by atoms with Gasteiger partial charge in [0.25, 0.3) is 5.91 Å². The number of hydrogen-bond donors (Lipinski definition) is 1.